The fourth-order valence-electron chi connectivity index (χ4n) is 8.39. The van der Waals surface area contributed by atoms with Crippen LogP contribution in [0.2, 0.25) is 0 Å². The van der Waals surface area contributed by atoms with Gasteiger partial charge in [-0.25, -0.2) is 65.9 Å². The molecule has 0 spiro atoms. The number of rotatable bonds is 8. The molecular formula is C37H34BF15NOPS. The Morgan fingerprint density at radius 3 is 0.877 bits per heavy atom. The number of aryl methyl sites for hydroxylation is 1. The highest BCUT2D eigenvalue weighted by molar-refractivity contribution is 8.08. The van der Waals surface area contributed by atoms with Gasteiger partial charge in [0.2, 0.25) is 6.35 Å². The molecule has 0 atom stereocenters. The van der Waals surface area contributed by atoms with Crippen molar-refractivity contribution >= 4 is 48.1 Å². The third kappa shape index (κ3) is 6.86. The predicted molar refractivity (Wildman–Crippen MR) is 192 cm³/mol. The van der Waals surface area contributed by atoms with Gasteiger partial charge in [-0.1, -0.05) is 34.1 Å². The first kappa shape index (κ1) is 46.1. The van der Waals surface area contributed by atoms with Gasteiger partial charge < -0.3 is 4.10 Å². The van der Waals surface area contributed by atoms with Gasteiger partial charge in [0, 0.05) is 0 Å². The fraction of sp³-hybridized carbons (Fsp3) is 0.351. The number of anilines is 1. The minimum atomic E-state index is -6.29. The van der Waals surface area contributed by atoms with Crippen LogP contribution >= 0.6 is 19.6 Å². The minimum absolute atomic E-state index is 0.0237. The number of hydrogen-bond donors (Lipinski definition) is 0. The van der Waals surface area contributed by atoms with E-state index in [1.165, 1.54) is 28.3 Å². The van der Waals surface area contributed by atoms with E-state index in [1.807, 2.05) is 0 Å². The largest absolute Gasteiger partial charge is 0.495 e. The first-order chi connectivity index (χ1) is 25.9. The normalized spacial score (nSPS) is 13.1. The van der Waals surface area contributed by atoms with Gasteiger partial charge in [-0.15, -0.1) is 0 Å². The average molecular weight is 868 g/mol. The number of hydrogen-bond acceptors (Lipinski definition) is 3. The number of nitrogens with zero attached hydrogens (tertiary/aromatic N) is 1. The monoisotopic (exact) mass is 867 g/mol. The van der Waals surface area contributed by atoms with Crippen LogP contribution in [0, 0.1) is 94.2 Å². The molecule has 4 aromatic carbocycles. The maximum absolute atomic E-state index is 16.2. The lowest BCUT2D eigenvalue weighted by Crippen LogP contribution is -2.74. The first-order valence-electron chi connectivity index (χ1n) is 16.7. The third-order valence-corrected chi connectivity index (χ3v) is 17.9. The summed E-state index contributed by atoms with van der Waals surface area (Å²) in [6, 6.07) is 5.80. The second-order valence-corrected chi connectivity index (χ2v) is 22.8. The van der Waals surface area contributed by atoms with Crippen molar-refractivity contribution in [2.24, 2.45) is 0 Å². The van der Waals surface area contributed by atoms with E-state index in [0.717, 1.165) is 0 Å². The fourth-order valence-corrected chi connectivity index (χ4v) is 20.0. The summed E-state index contributed by atoms with van der Waals surface area (Å²) < 4.78 is 239. The summed E-state index contributed by atoms with van der Waals surface area (Å²) in [4.78, 5) is 0. The van der Waals surface area contributed by atoms with Gasteiger partial charge in [0.25, 0.3) is 0 Å². The Hall–Kier alpha value is -3.57. The van der Waals surface area contributed by atoms with Crippen molar-refractivity contribution in [3.8, 4) is 0 Å². The van der Waals surface area contributed by atoms with Gasteiger partial charge in [-0.2, -0.15) is 4.08 Å². The van der Waals surface area contributed by atoms with Crippen molar-refractivity contribution in [2.45, 2.75) is 84.7 Å². The molecule has 4 rings (SSSR count). The van der Waals surface area contributed by atoms with Crippen molar-refractivity contribution in [3.63, 3.8) is 0 Å². The Morgan fingerprint density at radius 2 is 0.649 bits per heavy atom. The summed E-state index contributed by atoms with van der Waals surface area (Å²) in [7, 11) is -3.41. The molecule has 0 aliphatic rings. The molecule has 0 saturated heterocycles. The lowest BCUT2D eigenvalue weighted by molar-refractivity contribution is 0.376. The molecule has 312 valence electrons. The van der Waals surface area contributed by atoms with Crippen LogP contribution in [0.1, 0.15) is 67.9 Å². The highest BCUT2D eigenvalue weighted by Crippen LogP contribution is 2.86. The molecular weight excluding hydrogens is 833 g/mol. The molecule has 0 unspecified atom stereocenters. The quantitative estimate of drug-likeness (QED) is 0.0333. The van der Waals surface area contributed by atoms with Crippen LogP contribution in [0.5, 0.6) is 0 Å². The Kier molecular flexibility index (Phi) is 12.3. The van der Waals surface area contributed by atoms with E-state index in [2.05, 4.69) is 0 Å². The number of halogens is 15. The highest BCUT2D eigenvalue weighted by atomic mass is 32.2. The molecule has 0 amide bonds. The molecule has 0 aliphatic carbocycles. The first-order valence-corrected chi connectivity index (χ1v) is 19.1. The van der Waals surface area contributed by atoms with Gasteiger partial charge in [-0.3, -0.25) is 0 Å². The van der Waals surface area contributed by atoms with E-state index in [0.29, 0.717) is 5.56 Å². The van der Waals surface area contributed by atoms with Crippen molar-refractivity contribution in [2.75, 3.05) is 4.08 Å². The summed E-state index contributed by atoms with van der Waals surface area (Å²) in [5, 5.41) is -3.04. The predicted octanol–water partition coefficient (Wildman–Crippen LogP) is 11.5. The molecule has 0 bridgehead atoms. The van der Waals surface area contributed by atoms with E-state index < -0.39 is 133 Å². The average Bonchev–Trinajstić information content (AvgIpc) is 3.10. The maximum Gasteiger partial charge on any atom is 0.230 e. The maximum atomic E-state index is 16.2. The Labute approximate surface area is 323 Å². The molecule has 20 heteroatoms. The molecule has 0 saturated carbocycles. The van der Waals surface area contributed by atoms with Crippen LogP contribution in [0.15, 0.2) is 24.3 Å². The van der Waals surface area contributed by atoms with E-state index in [-0.39, 0.29) is 17.9 Å². The summed E-state index contributed by atoms with van der Waals surface area (Å²) >= 11 is -0.346. The smallest absolute Gasteiger partial charge is 0.230 e. The zero-order chi connectivity index (χ0) is 43.9. The standard InChI is InChI=1S/C37H34BF15NOPS/c1-15-11-13-16(14-12-15)54(56(35(2,3)4,36(5,6)7)37(8,9)10)57-55-38(17-20(39)26(45)32(51)27(46)21(17)40,18-22(41)28(47)33(52)29(48)23(18)42)19-24(43)30(49)34(53)31(50)25(19)44/h11-14H,1-10H3. The molecule has 2 nitrogen and oxygen atoms in total. The van der Waals surface area contributed by atoms with Gasteiger partial charge in [0.05, 0.1) is 21.2 Å². The Balaban J connectivity index is 2.46. The molecule has 0 N–H and O–H groups in total. The van der Waals surface area contributed by atoms with E-state index in [9.17, 15) is 13.2 Å². The lowest BCUT2D eigenvalue weighted by Gasteiger charge is -2.58. The number of benzene rings is 4. The summed E-state index contributed by atoms with van der Waals surface area (Å²) in [5.74, 6) is -46.6. The van der Waals surface area contributed by atoms with Crippen LogP contribution in [-0.2, 0) is 4.10 Å². The van der Waals surface area contributed by atoms with Crippen molar-refractivity contribution in [1.82, 2.24) is 0 Å². The zero-order valence-corrected chi connectivity index (χ0v) is 33.5. The Morgan fingerprint density at radius 1 is 0.421 bits per heavy atom. The van der Waals surface area contributed by atoms with Gasteiger partial charge in [0.15, 0.2) is 52.4 Å². The highest BCUT2D eigenvalue weighted by Gasteiger charge is 2.70. The lowest BCUT2D eigenvalue weighted by atomic mass is 9.28. The molecule has 4 aromatic rings. The SMILES string of the molecule is Cc1ccc(N(SO[B-](c2c(F)c(F)c(F)c(F)c2F)(c2c(F)c(F)c(F)c(F)c2F)c2c(F)c(F)c(F)c(F)c2F)[P+](C(C)(C)C)(C(C)(C)C)C(C)(C)C)cc1. The molecule has 0 heterocycles. The van der Waals surface area contributed by atoms with Crippen LogP contribution < -0.4 is 20.5 Å². The van der Waals surface area contributed by atoms with Crippen molar-refractivity contribution < 1.29 is 70.0 Å². The molecule has 0 radical (unpaired) electrons. The molecule has 0 aromatic heterocycles. The summed E-state index contributed by atoms with van der Waals surface area (Å²) in [5.41, 5.74) is -7.91. The topological polar surface area (TPSA) is 12.5 Å². The molecule has 0 fully saturated rings. The van der Waals surface area contributed by atoms with Crippen molar-refractivity contribution in [1.29, 1.82) is 0 Å². The van der Waals surface area contributed by atoms with E-state index in [1.54, 1.807) is 69.2 Å². The van der Waals surface area contributed by atoms with Gasteiger partial charge in [0.1, 0.15) is 54.5 Å². The molecule has 57 heavy (non-hydrogen) atoms. The van der Waals surface area contributed by atoms with Crippen LogP contribution in [0.25, 0.3) is 0 Å². The molecule has 0 aliphatic heterocycles. The Bertz CT molecular complexity index is 1960. The summed E-state index contributed by atoms with van der Waals surface area (Å²) in [6.07, 6.45) is -6.29. The van der Waals surface area contributed by atoms with Crippen LogP contribution in [0.3, 0.4) is 0 Å². The second-order valence-electron chi connectivity index (χ2n) is 16.2. The summed E-state index contributed by atoms with van der Waals surface area (Å²) in [6.45, 7) is 17.0. The van der Waals surface area contributed by atoms with E-state index >= 15 is 52.7 Å². The van der Waals surface area contributed by atoms with Crippen LogP contribution in [-0.4, -0.2) is 21.8 Å². The van der Waals surface area contributed by atoms with E-state index in [4.69, 9.17) is 4.10 Å². The zero-order valence-electron chi connectivity index (χ0n) is 31.8. The van der Waals surface area contributed by atoms with Gasteiger partial charge >= 0.3 is 0 Å². The second kappa shape index (κ2) is 15.2. The third-order valence-electron chi connectivity index (χ3n) is 9.65. The van der Waals surface area contributed by atoms with Gasteiger partial charge in [-0.05, 0) is 81.4 Å². The van der Waals surface area contributed by atoms with Crippen molar-refractivity contribution in [3.05, 3.63) is 117 Å². The van der Waals surface area contributed by atoms with Crippen LogP contribution in [0.4, 0.5) is 71.5 Å². The minimum Gasteiger partial charge on any atom is -0.495 e.